The molecule has 0 unspecified atom stereocenters. The number of anilines is 1. The lowest BCUT2D eigenvalue weighted by molar-refractivity contribution is 0.0579. The Hall–Kier alpha value is -1.95. The lowest BCUT2D eigenvalue weighted by atomic mass is 9.88. The van der Waals surface area contributed by atoms with Crippen LogP contribution in [0.1, 0.15) is 51.4 Å². The molecule has 0 N–H and O–H groups in total. The summed E-state index contributed by atoms with van der Waals surface area (Å²) >= 11 is 3.59. The van der Waals surface area contributed by atoms with Crippen LogP contribution in [0.4, 0.5) is 14.9 Å². The summed E-state index contributed by atoms with van der Waals surface area (Å²) < 4.78 is 19.5. The van der Waals surface area contributed by atoms with E-state index < -0.39 is 5.60 Å². The quantitative estimate of drug-likeness (QED) is 0.577. The van der Waals surface area contributed by atoms with Gasteiger partial charge in [-0.1, -0.05) is 26.0 Å². The van der Waals surface area contributed by atoms with Gasteiger partial charge in [0.25, 0.3) is 0 Å². The highest BCUT2D eigenvalue weighted by Crippen LogP contribution is 2.44. The van der Waals surface area contributed by atoms with Gasteiger partial charge >= 0.3 is 6.09 Å². The lowest BCUT2D eigenvalue weighted by Gasteiger charge is -2.26. The number of pyridine rings is 1. The van der Waals surface area contributed by atoms with Crippen molar-refractivity contribution >= 4 is 27.7 Å². The molecule has 2 aromatic rings. The maximum atomic E-state index is 13.1. The molecule has 0 atom stereocenters. The monoisotopic (exact) mass is 434 g/mol. The van der Waals surface area contributed by atoms with Crippen molar-refractivity contribution in [2.75, 3.05) is 11.4 Å². The molecule has 0 fully saturated rings. The predicted molar refractivity (Wildman–Crippen MR) is 108 cm³/mol. The van der Waals surface area contributed by atoms with E-state index in [1.54, 1.807) is 17.0 Å². The number of carbonyl (C=O) groups is 1. The summed E-state index contributed by atoms with van der Waals surface area (Å²) in [6.07, 6.45) is 0.189. The van der Waals surface area contributed by atoms with Gasteiger partial charge in [-0.3, -0.25) is 4.90 Å². The van der Waals surface area contributed by atoms with Gasteiger partial charge in [0.2, 0.25) is 0 Å². The second-order valence-electron chi connectivity index (χ2n) is 8.55. The molecular formula is C21H24BrFN2O2. The number of fused-ring (bicyclic) bond motifs is 1. The summed E-state index contributed by atoms with van der Waals surface area (Å²) in [6, 6.07) is 8.30. The minimum Gasteiger partial charge on any atom is -0.443 e. The molecule has 1 aromatic carbocycles. The first kappa shape index (κ1) is 19.8. The topological polar surface area (TPSA) is 42.4 Å². The van der Waals surface area contributed by atoms with E-state index in [-0.39, 0.29) is 17.3 Å². The maximum absolute atomic E-state index is 13.1. The predicted octanol–water partition coefficient (Wildman–Crippen LogP) is 5.61. The minimum absolute atomic E-state index is 0.244. The highest BCUT2D eigenvalue weighted by Gasteiger charge is 2.42. The van der Waals surface area contributed by atoms with E-state index in [0.717, 1.165) is 27.1 Å². The summed E-state index contributed by atoms with van der Waals surface area (Å²) in [4.78, 5) is 19.1. The maximum Gasteiger partial charge on any atom is 0.414 e. The van der Waals surface area contributed by atoms with Gasteiger partial charge in [-0.05, 0) is 60.5 Å². The van der Waals surface area contributed by atoms with E-state index in [2.05, 4.69) is 34.8 Å². The van der Waals surface area contributed by atoms with Gasteiger partial charge in [0.15, 0.2) is 0 Å². The Kier molecular flexibility index (Phi) is 5.06. The minimum atomic E-state index is -0.564. The average Bonchev–Trinajstić information content (AvgIpc) is 2.80. The third-order valence-electron chi connectivity index (χ3n) is 4.44. The summed E-state index contributed by atoms with van der Waals surface area (Å²) in [5.74, 6) is -0.264. The van der Waals surface area contributed by atoms with Crippen molar-refractivity contribution in [2.24, 2.45) is 0 Å². The Morgan fingerprint density at radius 1 is 1.30 bits per heavy atom. The normalized spacial score (nSPS) is 15.6. The summed E-state index contributed by atoms with van der Waals surface area (Å²) in [6.45, 7) is 10.3. The van der Waals surface area contributed by atoms with Crippen LogP contribution >= 0.6 is 15.9 Å². The van der Waals surface area contributed by atoms with Crippen molar-refractivity contribution in [3.05, 3.63) is 57.6 Å². The van der Waals surface area contributed by atoms with Crippen molar-refractivity contribution in [1.29, 1.82) is 0 Å². The summed E-state index contributed by atoms with van der Waals surface area (Å²) in [7, 11) is 0. The van der Waals surface area contributed by atoms with Crippen molar-refractivity contribution in [3.63, 3.8) is 0 Å². The number of rotatable bonds is 2. The number of nitrogens with zero attached hydrogens (tertiary/aromatic N) is 2. The molecule has 27 heavy (non-hydrogen) atoms. The fourth-order valence-electron chi connectivity index (χ4n) is 3.33. The molecule has 0 spiro atoms. The van der Waals surface area contributed by atoms with E-state index in [1.165, 1.54) is 12.1 Å². The molecule has 6 heteroatoms. The molecule has 1 aliphatic rings. The van der Waals surface area contributed by atoms with Gasteiger partial charge in [-0.2, -0.15) is 0 Å². The van der Waals surface area contributed by atoms with Crippen LogP contribution in [0.3, 0.4) is 0 Å². The van der Waals surface area contributed by atoms with Crippen LogP contribution in [0.15, 0.2) is 34.9 Å². The molecule has 0 radical (unpaired) electrons. The molecule has 2 heterocycles. The van der Waals surface area contributed by atoms with Crippen LogP contribution in [0, 0.1) is 5.82 Å². The zero-order valence-corrected chi connectivity index (χ0v) is 17.9. The lowest BCUT2D eigenvalue weighted by Crippen LogP contribution is -2.38. The fourth-order valence-corrected chi connectivity index (χ4v) is 4.30. The van der Waals surface area contributed by atoms with Crippen LogP contribution in [0.2, 0.25) is 0 Å². The molecule has 0 saturated carbocycles. The van der Waals surface area contributed by atoms with Gasteiger partial charge in [-0.15, -0.1) is 0 Å². The number of halogens is 2. The van der Waals surface area contributed by atoms with Gasteiger partial charge < -0.3 is 4.74 Å². The first-order valence-corrected chi connectivity index (χ1v) is 9.70. The molecule has 144 valence electrons. The van der Waals surface area contributed by atoms with Crippen LogP contribution < -0.4 is 4.90 Å². The smallest absolute Gasteiger partial charge is 0.414 e. The van der Waals surface area contributed by atoms with Crippen LogP contribution in [-0.2, 0) is 16.6 Å². The van der Waals surface area contributed by atoms with Crippen molar-refractivity contribution in [2.45, 2.75) is 52.1 Å². The Bertz CT molecular complexity index is 873. The van der Waals surface area contributed by atoms with Crippen molar-refractivity contribution < 1.29 is 13.9 Å². The molecule has 0 aliphatic carbocycles. The molecule has 0 saturated heterocycles. The number of amides is 1. The van der Waals surface area contributed by atoms with E-state index in [4.69, 9.17) is 4.74 Å². The fraction of sp³-hybridized carbons (Fsp3) is 0.429. The molecular weight excluding hydrogens is 411 g/mol. The number of benzene rings is 1. The zero-order chi connectivity index (χ0) is 20.0. The SMILES string of the molecule is CC(C)(C)OC(=O)N1CC(C)(C)c2c1cc(Cc1ccc(F)cc1)nc2Br. The van der Waals surface area contributed by atoms with Crippen molar-refractivity contribution in [3.8, 4) is 0 Å². The number of hydrogen-bond acceptors (Lipinski definition) is 3. The van der Waals surface area contributed by atoms with E-state index in [9.17, 15) is 9.18 Å². The molecule has 0 bridgehead atoms. The third-order valence-corrected chi connectivity index (χ3v) is 5.01. The first-order valence-electron chi connectivity index (χ1n) is 8.91. The zero-order valence-electron chi connectivity index (χ0n) is 16.3. The number of ether oxygens (including phenoxy) is 1. The molecule has 1 aliphatic heterocycles. The highest BCUT2D eigenvalue weighted by molar-refractivity contribution is 9.10. The highest BCUT2D eigenvalue weighted by atomic mass is 79.9. The molecule has 3 rings (SSSR count). The molecule has 4 nitrogen and oxygen atoms in total. The summed E-state index contributed by atoms with van der Waals surface area (Å²) in [5, 5.41) is 0. The second kappa shape index (κ2) is 6.89. The Morgan fingerprint density at radius 3 is 2.52 bits per heavy atom. The second-order valence-corrected chi connectivity index (χ2v) is 9.30. The Labute approximate surface area is 167 Å². The number of hydrogen-bond donors (Lipinski definition) is 0. The van der Waals surface area contributed by atoms with Crippen LogP contribution in [-0.4, -0.2) is 23.2 Å². The summed E-state index contributed by atoms with van der Waals surface area (Å²) in [5.41, 5.74) is 2.76. The van der Waals surface area contributed by atoms with Gasteiger partial charge in [0.1, 0.15) is 16.0 Å². The Morgan fingerprint density at radius 2 is 1.93 bits per heavy atom. The van der Waals surface area contributed by atoms with Crippen LogP contribution in [0.5, 0.6) is 0 Å². The van der Waals surface area contributed by atoms with Gasteiger partial charge in [0, 0.05) is 29.6 Å². The van der Waals surface area contributed by atoms with E-state index in [0.29, 0.717) is 13.0 Å². The standard InChI is InChI=1S/C21H24BrFN2O2/c1-20(2,3)27-19(26)25-12-21(4,5)17-16(25)11-15(24-18(17)22)10-13-6-8-14(23)9-7-13/h6-9,11H,10,12H2,1-5H3. The largest absolute Gasteiger partial charge is 0.443 e. The molecule has 1 amide bonds. The molecule has 1 aromatic heterocycles. The van der Waals surface area contributed by atoms with Crippen molar-refractivity contribution in [1.82, 2.24) is 4.98 Å². The van der Waals surface area contributed by atoms with Crippen LogP contribution in [0.25, 0.3) is 0 Å². The Balaban J connectivity index is 1.98. The third kappa shape index (κ3) is 4.32. The van der Waals surface area contributed by atoms with E-state index in [1.807, 2.05) is 26.8 Å². The number of aromatic nitrogens is 1. The first-order chi connectivity index (χ1) is 12.5. The number of carbonyl (C=O) groups excluding carboxylic acids is 1. The van der Waals surface area contributed by atoms with Gasteiger partial charge in [0.05, 0.1) is 5.69 Å². The van der Waals surface area contributed by atoms with Gasteiger partial charge in [-0.25, -0.2) is 14.2 Å². The average molecular weight is 435 g/mol. The van der Waals surface area contributed by atoms with E-state index >= 15 is 0 Å².